The highest BCUT2D eigenvalue weighted by Gasteiger charge is 2.43. The van der Waals surface area contributed by atoms with E-state index in [2.05, 4.69) is 24.0 Å². The molecule has 0 spiro atoms. The minimum atomic E-state index is 0.339. The average molecular weight is 249 g/mol. The van der Waals surface area contributed by atoms with Crippen molar-refractivity contribution >= 4 is 5.91 Å². The van der Waals surface area contributed by atoms with Gasteiger partial charge in [0.25, 0.3) is 0 Å². The first kappa shape index (κ1) is 13.6. The Hall–Kier alpha value is -0.790. The lowest BCUT2D eigenvalue weighted by molar-refractivity contribution is -0.131. The van der Waals surface area contributed by atoms with Crippen molar-refractivity contribution in [2.24, 2.45) is 17.8 Å². The number of rotatable bonds is 6. The Kier molecular flexibility index (Phi) is 4.85. The molecule has 0 aliphatic heterocycles. The maximum Gasteiger partial charge on any atom is 0.222 e. The SMILES string of the molecule is CCCN(C[C@H]1CC1C1CC=CCC1)C(=O)CC. The summed E-state index contributed by atoms with van der Waals surface area (Å²) in [6, 6.07) is 0. The van der Waals surface area contributed by atoms with Crippen molar-refractivity contribution in [1.29, 1.82) is 0 Å². The number of nitrogens with zero attached hydrogens (tertiary/aromatic N) is 1. The molecule has 0 heterocycles. The second kappa shape index (κ2) is 6.40. The number of amides is 1. The first-order chi connectivity index (χ1) is 8.76. The molecule has 0 aromatic carbocycles. The van der Waals surface area contributed by atoms with Gasteiger partial charge in [-0.05, 0) is 49.9 Å². The van der Waals surface area contributed by atoms with E-state index >= 15 is 0 Å². The lowest BCUT2D eigenvalue weighted by Crippen LogP contribution is -2.33. The lowest BCUT2D eigenvalue weighted by atomic mass is 9.89. The lowest BCUT2D eigenvalue weighted by Gasteiger charge is -2.23. The van der Waals surface area contributed by atoms with Crippen LogP contribution in [-0.2, 0) is 4.79 Å². The Bertz CT molecular complexity index is 310. The van der Waals surface area contributed by atoms with Crippen LogP contribution in [0.1, 0.15) is 52.4 Å². The van der Waals surface area contributed by atoms with Crippen molar-refractivity contribution in [2.45, 2.75) is 52.4 Å². The zero-order valence-electron chi connectivity index (χ0n) is 11.9. The predicted octanol–water partition coefficient (Wildman–Crippen LogP) is 3.63. The number of allylic oxidation sites excluding steroid dienone is 2. The molecule has 102 valence electrons. The quantitative estimate of drug-likeness (QED) is 0.658. The van der Waals surface area contributed by atoms with E-state index in [1.54, 1.807) is 0 Å². The minimum Gasteiger partial charge on any atom is -0.342 e. The Morgan fingerprint density at radius 1 is 1.33 bits per heavy atom. The maximum atomic E-state index is 11.9. The molecule has 2 unspecified atom stereocenters. The fourth-order valence-corrected chi connectivity index (χ4v) is 3.36. The van der Waals surface area contributed by atoms with Crippen LogP contribution < -0.4 is 0 Å². The van der Waals surface area contributed by atoms with Crippen LogP contribution in [0.5, 0.6) is 0 Å². The van der Waals surface area contributed by atoms with Crippen molar-refractivity contribution in [3.63, 3.8) is 0 Å². The van der Waals surface area contributed by atoms with Crippen LogP contribution in [0.25, 0.3) is 0 Å². The first-order valence-electron chi connectivity index (χ1n) is 7.69. The molecule has 2 nitrogen and oxygen atoms in total. The van der Waals surface area contributed by atoms with Crippen molar-refractivity contribution in [2.75, 3.05) is 13.1 Å². The summed E-state index contributed by atoms with van der Waals surface area (Å²) < 4.78 is 0. The molecule has 0 N–H and O–H groups in total. The van der Waals surface area contributed by atoms with Crippen LogP contribution in [0.4, 0.5) is 0 Å². The third-order valence-electron chi connectivity index (χ3n) is 4.50. The van der Waals surface area contributed by atoms with Crippen molar-refractivity contribution in [1.82, 2.24) is 4.90 Å². The molecule has 2 rings (SSSR count). The molecule has 3 atom stereocenters. The van der Waals surface area contributed by atoms with E-state index in [0.717, 1.165) is 37.3 Å². The molecule has 1 amide bonds. The van der Waals surface area contributed by atoms with E-state index in [4.69, 9.17) is 0 Å². The van der Waals surface area contributed by atoms with Crippen LogP contribution >= 0.6 is 0 Å². The zero-order valence-corrected chi connectivity index (χ0v) is 11.9. The smallest absolute Gasteiger partial charge is 0.222 e. The summed E-state index contributed by atoms with van der Waals surface area (Å²) in [6.07, 6.45) is 11.7. The molecule has 0 bridgehead atoms. The standard InChI is InChI=1S/C16H27NO/c1-3-10-17(16(18)4-2)12-14-11-15(14)13-8-6-5-7-9-13/h5-6,13-15H,3-4,7-12H2,1-2H3/t13?,14-,15?/m1/s1. The van der Waals surface area contributed by atoms with Crippen molar-refractivity contribution < 1.29 is 4.79 Å². The molecule has 18 heavy (non-hydrogen) atoms. The Balaban J connectivity index is 1.79. The van der Waals surface area contributed by atoms with Gasteiger partial charge in [0.2, 0.25) is 5.91 Å². The second-order valence-corrected chi connectivity index (χ2v) is 5.90. The number of carbonyl (C=O) groups excluding carboxylic acids is 1. The summed E-state index contributed by atoms with van der Waals surface area (Å²) in [5, 5.41) is 0. The number of hydrogen-bond acceptors (Lipinski definition) is 1. The molecular weight excluding hydrogens is 222 g/mol. The van der Waals surface area contributed by atoms with Crippen LogP contribution in [0.15, 0.2) is 12.2 Å². The fourth-order valence-electron chi connectivity index (χ4n) is 3.36. The molecule has 2 aliphatic carbocycles. The molecule has 0 aromatic heterocycles. The third-order valence-corrected chi connectivity index (χ3v) is 4.50. The van der Waals surface area contributed by atoms with Crippen LogP contribution in [-0.4, -0.2) is 23.9 Å². The zero-order chi connectivity index (χ0) is 13.0. The van der Waals surface area contributed by atoms with E-state index in [1.807, 2.05) is 6.92 Å². The highest BCUT2D eigenvalue weighted by atomic mass is 16.2. The van der Waals surface area contributed by atoms with Gasteiger partial charge < -0.3 is 4.90 Å². The van der Waals surface area contributed by atoms with Crippen LogP contribution in [0.2, 0.25) is 0 Å². The molecular formula is C16H27NO. The predicted molar refractivity (Wildman–Crippen MR) is 75.2 cm³/mol. The van der Waals surface area contributed by atoms with Crippen LogP contribution in [0, 0.1) is 17.8 Å². The largest absolute Gasteiger partial charge is 0.342 e. The molecule has 1 saturated carbocycles. The monoisotopic (exact) mass is 249 g/mol. The summed E-state index contributed by atoms with van der Waals surface area (Å²) in [7, 11) is 0. The van der Waals surface area contributed by atoms with E-state index in [0.29, 0.717) is 12.3 Å². The molecule has 0 saturated heterocycles. The van der Waals surface area contributed by atoms with Gasteiger partial charge in [-0.15, -0.1) is 0 Å². The Morgan fingerprint density at radius 2 is 2.17 bits per heavy atom. The van der Waals surface area contributed by atoms with Gasteiger partial charge in [0.05, 0.1) is 0 Å². The van der Waals surface area contributed by atoms with Gasteiger partial charge in [-0.3, -0.25) is 4.79 Å². The Morgan fingerprint density at radius 3 is 2.78 bits per heavy atom. The minimum absolute atomic E-state index is 0.339. The molecule has 2 heteroatoms. The highest BCUT2D eigenvalue weighted by Crippen LogP contribution is 2.48. The summed E-state index contributed by atoms with van der Waals surface area (Å²) in [6.45, 7) is 6.10. The topological polar surface area (TPSA) is 20.3 Å². The third kappa shape index (κ3) is 3.37. The molecule has 1 fully saturated rings. The van der Waals surface area contributed by atoms with E-state index < -0.39 is 0 Å². The van der Waals surface area contributed by atoms with Gasteiger partial charge in [0.1, 0.15) is 0 Å². The summed E-state index contributed by atoms with van der Waals surface area (Å²) >= 11 is 0. The van der Waals surface area contributed by atoms with E-state index in [9.17, 15) is 4.79 Å². The van der Waals surface area contributed by atoms with E-state index in [1.165, 1.54) is 25.7 Å². The van der Waals surface area contributed by atoms with Crippen LogP contribution in [0.3, 0.4) is 0 Å². The molecule has 2 aliphatic rings. The van der Waals surface area contributed by atoms with Gasteiger partial charge >= 0.3 is 0 Å². The van der Waals surface area contributed by atoms with Gasteiger partial charge in [-0.25, -0.2) is 0 Å². The molecule has 0 radical (unpaired) electrons. The van der Waals surface area contributed by atoms with Gasteiger partial charge in [-0.1, -0.05) is 26.0 Å². The number of hydrogen-bond donors (Lipinski definition) is 0. The maximum absolute atomic E-state index is 11.9. The fraction of sp³-hybridized carbons (Fsp3) is 0.812. The molecule has 0 aromatic rings. The average Bonchev–Trinajstić information content (AvgIpc) is 3.18. The van der Waals surface area contributed by atoms with E-state index in [-0.39, 0.29) is 0 Å². The second-order valence-electron chi connectivity index (χ2n) is 5.90. The Labute approximate surface area is 111 Å². The summed E-state index contributed by atoms with van der Waals surface area (Å²) in [5.41, 5.74) is 0. The van der Waals surface area contributed by atoms with Gasteiger partial charge in [-0.2, -0.15) is 0 Å². The first-order valence-corrected chi connectivity index (χ1v) is 7.69. The van der Waals surface area contributed by atoms with Crippen molar-refractivity contribution in [3.8, 4) is 0 Å². The summed E-state index contributed by atoms with van der Waals surface area (Å²) in [5.74, 6) is 2.94. The number of carbonyl (C=O) groups is 1. The van der Waals surface area contributed by atoms with Gasteiger partial charge in [0.15, 0.2) is 0 Å². The van der Waals surface area contributed by atoms with Crippen molar-refractivity contribution in [3.05, 3.63) is 12.2 Å². The highest BCUT2D eigenvalue weighted by molar-refractivity contribution is 5.75. The summed E-state index contributed by atoms with van der Waals surface area (Å²) in [4.78, 5) is 14.0. The normalized spacial score (nSPS) is 30.2. The van der Waals surface area contributed by atoms with Gasteiger partial charge in [0, 0.05) is 19.5 Å².